The maximum atomic E-state index is 11.7. The molecule has 6 nitrogen and oxygen atoms in total. The maximum absolute atomic E-state index is 11.7. The average molecular weight is 297 g/mol. The highest BCUT2D eigenvalue weighted by molar-refractivity contribution is 7.19. The Balaban J connectivity index is 2.34. The number of nitrogens with zero attached hydrogens (tertiary/aromatic N) is 1. The molecule has 1 aromatic heterocycles. The topological polar surface area (TPSA) is 98.6 Å². The van der Waals surface area contributed by atoms with Crippen LogP contribution in [-0.2, 0) is 4.74 Å². The summed E-state index contributed by atoms with van der Waals surface area (Å²) in [4.78, 5) is 25.5. The molecule has 1 amide bonds. The number of primary amides is 1. The van der Waals surface area contributed by atoms with Crippen molar-refractivity contribution in [3.63, 3.8) is 0 Å². The second-order valence-electron chi connectivity index (χ2n) is 5.06. The van der Waals surface area contributed by atoms with Gasteiger partial charge in [-0.25, -0.2) is 4.79 Å². The highest BCUT2D eigenvalue weighted by Crippen LogP contribution is 2.39. The van der Waals surface area contributed by atoms with E-state index in [-0.39, 0.29) is 16.1 Å². The van der Waals surface area contributed by atoms with Crippen LogP contribution in [0.1, 0.15) is 39.3 Å². The van der Waals surface area contributed by atoms with Gasteiger partial charge in [-0.05, 0) is 18.8 Å². The minimum atomic E-state index is -0.621. The zero-order chi connectivity index (χ0) is 14.9. The van der Waals surface area contributed by atoms with Crippen LogP contribution in [0.2, 0.25) is 0 Å². The quantitative estimate of drug-likeness (QED) is 0.801. The van der Waals surface area contributed by atoms with Crippen LogP contribution in [0.3, 0.4) is 0 Å². The van der Waals surface area contributed by atoms with Gasteiger partial charge in [-0.2, -0.15) is 0 Å². The summed E-state index contributed by atoms with van der Waals surface area (Å²) in [7, 11) is 3.17. The minimum Gasteiger partial charge on any atom is -0.465 e. The van der Waals surface area contributed by atoms with E-state index >= 15 is 0 Å². The molecule has 0 bridgehead atoms. The van der Waals surface area contributed by atoms with Gasteiger partial charge in [0.2, 0.25) is 0 Å². The normalized spacial score (nSPS) is 14.7. The van der Waals surface area contributed by atoms with Crippen LogP contribution in [0.15, 0.2) is 0 Å². The summed E-state index contributed by atoms with van der Waals surface area (Å²) in [6, 6.07) is 0. The van der Waals surface area contributed by atoms with Crippen molar-refractivity contribution >= 4 is 33.9 Å². The molecular weight excluding hydrogens is 278 g/mol. The Morgan fingerprint density at radius 2 is 2.10 bits per heavy atom. The summed E-state index contributed by atoms with van der Waals surface area (Å²) in [6.45, 7) is 0.834. The molecule has 1 aliphatic carbocycles. The fourth-order valence-corrected chi connectivity index (χ4v) is 3.44. The molecule has 0 spiro atoms. The van der Waals surface area contributed by atoms with E-state index in [0.717, 1.165) is 17.9 Å². The van der Waals surface area contributed by atoms with Crippen molar-refractivity contribution in [3.05, 3.63) is 10.4 Å². The molecule has 1 heterocycles. The van der Waals surface area contributed by atoms with Crippen LogP contribution in [-0.4, -0.2) is 32.6 Å². The molecule has 1 aromatic rings. The van der Waals surface area contributed by atoms with Crippen molar-refractivity contribution in [2.24, 2.45) is 11.7 Å². The number of carbonyl (C=O) groups is 2. The standard InChI is InChI=1S/C13H19N3O3S/c1-16(6-7-4-3-5-7)12-8(11(15)17)9(14)10(20-12)13(18)19-2/h7H,3-6,14H2,1-2H3,(H2,15,17). The Kier molecular flexibility index (Phi) is 4.17. The van der Waals surface area contributed by atoms with Gasteiger partial charge < -0.3 is 21.1 Å². The Bertz CT molecular complexity index is 537. The van der Waals surface area contributed by atoms with E-state index in [1.165, 1.54) is 26.4 Å². The van der Waals surface area contributed by atoms with Crippen molar-refractivity contribution in [3.8, 4) is 0 Å². The third-order valence-electron chi connectivity index (χ3n) is 3.65. The summed E-state index contributed by atoms with van der Waals surface area (Å²) in [6.07, 6.45) is 3.64. The number of rotatable bonds is 5. The molecule has 0 aliphatic heterocycles. The average Bonchev–Trinajstić information content (AvgIpc) is 2.70. The molecule has 1 fully saturated rings. The monoisotopic (exact) mass is 297 g/mol. The van der Waals surface area contributed by atoms with Gasteiger partial charge in [0.1, 0.15) is 9.88 Å². The number of methoxy groups -OCH3 is 1. The van der Waals surface area contributed by atoms with Crippen molar-refractivity contribution in [1.29, 1.82) is 0 Å². The van der Waals surface area contributed by atoms with Gasteiger partial charge in [0.15, 0.2) is 0 Å². The van der Waals surface area contributed by atoms with Crippen LogP contribution in [0.5, 0.6) is 0 Å². The van der Waals surface area contributed by atoms with Gasteiger partial charge >= 0.3 is 5.97 Å². The lowest BCUT2D eigenvalue weighted by molar-refractivity contribution is 0.0607. The number of ether oxygens (including phenoxy) is 1. The number of hydrogen-bond donors (Lipinski definition) is 2. The number of nitrogens with two attached hydrogens (primary N) is 2. The maximum Gasteiger partial charge on any atom is 0.350 e. The van der Waals surface area contributed by atoms with Crippen molar-refractivity contribution in [2.45, 2.75) is 19.3 Å². The first-order valence-electron chi connectivity index (χ1n) is 6.47. The molecule has 2 rings (SSSR count). The summed E-state index contributed by atoms with van der Waals surface area (Å²) in [5, 5.41) is 0.641. The number of hydrogen-bond acceptors (Lipinski definition) is 6. The second kappa shape index (κ2) is 5.70. The third-order valence-corrected chi connectivity index (χ3v) is 4.95. The fraction of sp³-hybridized carbons (Fsp3) is 0.538. The summed E-state index contributed by atoms with van der Waals surface area (Å²) in [5.41, 5.74) is 11.6. The van der Waals surface area contributed by atoms with Gasteiger partial charge in [0.05, 0.1) is 18.4 Å². The Labute approximate surface area is 121 Å². The zero-order valence-corrected chi connectivity index (χ0v) is 12.5. The molecule has 0 atom stereocenters. The van der Waals surface area contributed by atoms with E-state index in [1.807, 2.05) is 11.9 Å². The van der Waals surface area contributed by atoms with Gasteiger partial charge in [-0.3, -0.25) is 4.79 Å². The first kappa shape index (κ1) is 14.6. The van der Waals surface area contributed by atoms with Crippen LogP contribution < -0.4 is 16.4 Å². The molecule has 1 saturated carbocycles. The lowest BCUT2D eigenvalue weighted by atomic mass is 9.85. The highest BCUT2D eigenvalue weighted by Gasteiger charge is 2.28. The van der Waals surface area contributed by atoms with E-state index in [0.29, 0.717) is 10.9 Å². The van der Waals surface area contributed by atoms with Crippen molar-refractivity contribution in [2.75, 3.05) is 31.3 Å². The van der Waals surface area contributed by atoms with Crippen LogP contribution in [0, 0.1) is 5.92 Å². The molecule has 0 unspecified atom stereocenters. The molecule has 0 saturated heterocycles. The molecule has 1 aliphatic rings. The molecule has 20 heavy (non-hydrogen) atoms. The van der Waals surface area contributed by atoms with Crippen LogP contribution in [0.25, 0.3) is 0 Å². The number of carbonyl (C=O) groups excluding carboxylic acids is 2. The summed E-state index contributed by atoms with van der Waals surface area (Å²) >= 11 is 1.16. The molecule has 4 N–H and O–H groups in total. The molecule has 0 radical (unpaired) electrons. The lowest BCUT2D eigenvalue weighted by Crippen LogP contribution is -2.30. The Morgan fingerprint density at radius 1 is 1.45 bits per heavy atom. The smallest absolute Gasteiger partial charge is 0.350 e. The predicted molar refractivity (Wildman–Crippen MR) is 79.2 cm³/mol. The van der Waals surface area contributed by atoms with E-state index in [4.69, 9.17) is 11.5 Å². The SMILES string of the molecule is COC(=O)c1sc(N(C)CC2CCC2)c(C(N)=O)c1N. The second-order valence-corrected chi connectivity index (χ2v) is 6.06. The predicted octanol–water partition coefficient (Wildman–Crippen LogP) is 1.45. The highest BCUT2D eigenvalue weighted by atomic mass is 32.1. The van der Waals surface area contributed by atoms with Crippen LogP contribution >= 0.6 is 11.3 Å². The van der Waals surface area contributed by atoms with Gasteiger partial charge in [0.25, 0.3) is 5.91 Å². The first-order chi connectivity index (χ1) is 9.45. The third kappa shape index (κ3) is 2.58. The number of nitrogen functional groups attached to an aromatic ring is 1. The fourth-order valence-electron chi connectivity index (χ4n) is 2.33. The first-order valence-corrected chi connectivity index (χ1v) is 7.28. The Hall–Kier alpha value is -1.76. The van der Waals surface area contributed by atoms with Crippen molar-refractivity contribution < 1.29 is 14.3 Å². The van der Waals surface area contributed by atoms with Gasteiger partial charge in [-0.1, -0.05) is 6.42 Å². The van der Waals surface area contributed by atoms with E-state index in [9.17, 15) is 9.59 Å². The number of amides is 1. The molecular formula is C13H19N3O3S. The van der Waals surface area contributed by atoms with Crippen molar-refractivity contribution in [1.82, 2.24) is 0 Å². The summed E-state index contributed by atoms with van der Waals surface area (Å²) in [5.74, 6) is -0.534. The number of thiophene rings is 1. The molecule has 0 aromatic carbocycles. The number of esters is 1. The lowest BCUT2D eigenvalue weighted by Gasteiger charge is -2.30. The largest absolute Gasteiger partial charge is 0.465 e. The van der Waals surface area contributed by atoms with Gasteiger partial charge in [-0.15, -0.1) is 11.3 Å². The minimum absolute atomic E-state index is 0.116. The van der Waals surface area contributed by atoms with Crippen LogP contribution in [0.4, 0.5) is 10.7 Å². The Morgan fingerprint density at radius 3 is 2.55 bits per heavy atom. The van der Waals surface area contributed by atoms with E-state index < -0.39 is 11.9 Å². The molecule has 110 valence electrons. The van der Waals surface area contributed by atoms with E-state index in [2.05, 4.69) is 4.74 Å². The van der Waals surface area contributed by atoms with Gasteiger partial charge in [0, 0.05) is 13.6 Å². The summed E-state index contributed by atoms with van der Waals surface area (Å²) < 4.78 is 4.68. The zero-order valence-electron chi connectivity index (χ0n) is 11.6. The van der Waals surface area contributed by atoms with E-state index in [1.54, 1.807) is 0 Å². The number of anilines is 2. The molecule has 7 heteroatoms.